The number of hydrogen-bond donors (Lipinski definition) is 1. The summed E-state index contributed by atoms with van der Waals surface area (Å²) in [5.74, 6) is 1.33. The summed E-state index contributed by atoms with van der Waals surface area (Å²) in [5.41, 5.74) is 1.92. The van der Waals surface area contributed by atoms with E-state index in [4.69, 9.17) is 4.52 Å². The molecule has 1 saturated carbocycles. The van der Waals surface area contributed by atoms with Gasteiger partial charge >= 0.3 is 5.69 Å². The topological polar surface area (TPSA) is 87.4 Å². The van der Waals surface area contributed by atoms with Crippen LogP contribution >= 0.6 is 0 Å². The first-order chi connectivity index (χ1) is 14.5. The van der Waals surface area contributed by atoms with Crippen molar-refractivity contribution in [1.29, 1.82) is 0 Å². The van der Waals surface area contributed by atoms with Crippen LogP contribution in [0, 0.1) is 12.8 Å². The third-order valence-electron chi connectivity index (χ3n) is 6.48. The van der Waals surface area contributed by atoms with E-state index in [0.29, 0.717) is 17.4 Å². The molecule has 0 bridgehead atoms. The lowest BCUT2D eigenvalue weighted by molar-refractivity contribution is 0.0753. The number of fused-ring (bicyclic) bond motifs is 1. The van der Waals surface area contributed by atoms with Crippen molar-refractivity contribution in [1.82, 2.24) is 24.5 Å². The van der Waals surface area contributed by atoms with Crippen LogP contribution in [-0.4, -0.2) is 56.7 Å². The maximum absolute atomic E-state index is 12.3. The van der Waals surface area contributed by atoms with E-state index < -0.39 is 11.2 Å². The molecule has 158 valence electrons. The van der Waals surface area contributed by atoms with Gasteiger partial charge in [-0.1, -0.05) is 11.2 Å². The highest BCUT2D eigenvalue weighted by atomic mass is 16.5. The number of piperazine rings is 1. The van der Waals surface area contributed by atoms with Crippen LogP contribution in [0.15, 0.2) is 38.5 Å². The third kappa shape index (κ3) is 3.61. The number of aromatic nitrogens is 3. The van der Waals surface area contributed by atoms with Crippen LogP contribution in [0.5, 0.6) is 0 Å². The van der Waals surface area contributed by atoms with Gasteiger partial charge in [-0.05, 0) is 49.8 Å². The highest BCUT2D eigenvalue weighted by Crippen LogP contribution is 2.31. The van der Waals surface area contributed by atoms with Gasteiger partial charge in [-0.25, -0.2) is 9.36 Å². The summed E-state index contributed by atoms with van der Waals surface area (Å²) in [5, 5.41) is 4.91. The molecule has 5 rings (SSSR count). The van der Waals surface area contributed by atoms with Crippen LogP contribution in [0.4, 0.5) is 0 Å². The van der Waals surface area contributed by atoms with Crippen molar-refractivity contribution in [2.75, 3.05) is 26.2 Å². The molecule has 8 nitrogen and oxygen atoms in total. The number of aryl methyl sites for hydroxylation is 1. The number of nitrogens with one attached hydrogen (secondary N) is 1. The van der Waals surface area contributed by atoms with E-state index >= 15 is 0 Å². The lowest BCUT2D eigenvalue weighted by Crippen LogP contribution is -2.51. The fourth-order valence-corrected chi connectivity index (χ4v) is 4.50. The fraction of sp³-hybridized carbons (Fsp3) is 0.500. The average Bonchev–Trinajstić information content (AvgIpc) is 3.43. The van der Waals surface area contributed by atoms with E-state index in [1.807, 2.05) is 13.0 Å². The first-order valence-electron chi connectivity index (χ1n) is 10.7. The number of hydrogen-bond acceptors (Lipinski definition) is 6. The Morgan fingerprint density at radius 3 is 2.77 bits per heavy atom. The van der Waals surface area contributed by atoms with Crippen molar-refractivity contribution in [3.63, 3.8) is 0 Å². The normalized spacial score (nSPS) is 20.8. The van der Waals surface area contributed by atoms with Gasteiger partial charge in [0.2, 0.25) is 0 Å². The monoisotopic (exact) mass is 409 g/mol. The minimum atomic E-state index is -0.525. The Morgan fingerprint density at radius 2 is 2.03 bits per heavy atom. The molecule has 30 heavy (non-hydrogen) atoms. The molecule has 2 fully saturated rings. The fourth-order valence-electron chi connectivity index (χ4n) is 4.50. The smallest absolute Gasteiger partial charge is 0.334 e. The van der Waals surface area contributed by atoms with Gasteiger partial charge in [-0.3, -0.25) is 19.6 Å². The van der Waals surface area contributed by atoms with E-state index in [1.165, 1.54) is 41.8 Å². The van der Waals surface area contributed by atoms with Gasteiger partial charge in [0.25, 0.3) is 5.56 Å². The minimum Gasteiger partial charge on any atom is -0.354 e. The average molecular weight is 409 g/mol. The molecule has 2 aromatic heterocycles. The Labute approximate surface area is 174 Å². The molecular weight excluding hydrogens is 382 g/mol. The molecular formula is C22H27N5O3. The maximum Gasteiger partial charge on any atom is 0.334 e. The summed E-state index contributed by atoms with van der Waals surface area (Å²) >= 11 is 0. The molecule has 0 radical (unpaired) electrons. The summed E-state index contributed by atoms with van der Waals surface area (Å²) in [7, 11) is 0. The van der Waals surface area contributed by atoms with E-state index in [2.05, 4.69) is 32.9 Å². The molecule has 1 unspecified atom stereocenters. The number of H-pyrrole nitrogens is 1. The molecule has 8 heteroatoms. The number of benzene rings is 1. The standard InChI is InChI=1S/C22H27N5O3/c1-14-11-25(9-10-26(14)12-16-3-4-16)13-17-5-6-18-20(15(17)2)21(24-30-18)27-8-7-19(28)23-22(27)29/h5-8,14,16H,3-4,9-13H2,1-2H3,(H,23,28,29). The Hall–Kier alpha value is -2.71. The Morgan fingerprint density at radius 1 is 1.20 bits per heavy atom. The van der Waals surface area contributed by atoms with Crippen molar-refractivity contribution < 1.29 is 4.52 Å². The highest BCUT2D eigenvalue weighted by molar-refractivity contribution is 5.88. The van der Waals surface area contributed by atoms with Gasteiger partial charge in [0.15, 0.2) is 11.4 Å². The van der Waals surface area contributed by atoms with Crippen LogP contribution in [0.2, 0.25) is 0 Å². The van der Waals surface area contributed by atoms with Gasteiger partial charge in [-0.15, -0.1) is 0 Å². The summed E-state index contributed by atoms with van der Waals surface area (Å²) in [4.78, 5) is 31.1. The van der Waals surface area contributed by atoms with E-state index in [1.54, 1.807) is 0 Å². The van der Waals surface area contributed by atoms with E-state index in [0.717, 1.165) is 43.0 Å². The Kier molecular flexibility index (Phi) is 4.83. The zero-order valence-electron chi connectivity index (χ0n) is 17.4. The van der Waals surface area contributed by atoms with Crippen LogP contribution < -0.4 is 11.2 Å². The molecule has 1 aliphatic carbocycles. The molecule has 3 aromatic rings. The number of nitrogens with zero attached hydrogens (tertiary/aromatic N) is 4. The SMILES string of the molecule is Cc1c(CN2CCN(CC3CC3)C(C)C2)ccc2onc(-n3ccc(=O)[nH]c3=O)c12. The molecule has 1 saturated heterocycles. The van der Waals surface area contributed by atoms with Crippen molar-refractivity contribution >= 4 is 11.0 Å². The Bertz CT molecular complexity index is 1190. The second kappa shape index (κ2) is 7.52. The summed E-state index contributed by atoms with van der Waals surface area (Å²) in [6.45, 7) is 9.70. The molecule has 1 N–H and O–H groups in total. The minimum absolute atomic E-state index is 0.410. The predicted molar refractivity (Wildman–Crippen MR) is 114 cm³/mol. The van der Waals surface area contributed by atoms with Gasteiger partial charge in [0.1, 0.15) is 0 Å². The van der Waals surface area contributed by atoms with Crippen molar-refractivity contribution in [3.8, 4) is 5.82 Å². The molecule has 1 aliphatic heterocycles. The number of rotatable bonds is 5. The molecule has 1 atom stereocenters. The third-order valence-corrected chi connectivity index (χ3v) is 6.48. The van der Waals surface area contributed by atoms with Crippen LogP contribution in [0.1, 0.15) is 30.9 Å². The molecule has 0 amide bonds. The summed E-state index contributed by atoms with van der Waals surface area (Å²) in [6.07, 6.45) is 4.22. The summed E-state index contributed by atoms with van der Waals surface area (Å²) < 4.78 is 6.79. The van der Waals surface area contributed by atoms with Gasteiger partial charge in [-0.2, -0.15) is 0 Å². The molecule has 0 spiro atoms. The van der Waals surface area contributed by atoms with Gasteiger partial charge in [0, 0.05) is 51.0 Å². The Balaban J connectivity index is 1.41. The zero-order chi connectivity index (χ0) is 20.8. The van der Waals surface area contributed by atoms with E-state index in [9.17, 15) is 9.59 Å². The maximum atomic E-state index is 12.3. The predicted octanol–water partition coefficient (Wildman–Crippen LogP) is 1.89. The van der Waals surface area contributed by atoms with Crippen LogP contribution in [0.25, 0.3) is 16.8 Å². The van der Waals surface area contributed by atoms with Crippen LogP contribution in [0.3, 0.4) is 0 Å². The molecule has 1 aromatic carbocycles. The van der Waals surface area contributed by atoms with Crippen molar-refractivity contribution in [2.45, 2.75) is 39.3 Å². The van der Waals surface area contributed by atoms with Gasteiger partial charge < -0.3 is 4.52 Å². The summed E-state index contributed by atoms with van der Waals surface area (Å²) in [6, 6.07) is 5.87. The largest absolute Gasteiger partial charge is 0.354 e. The van der Waals surface area contributed by atoms with Crippen LogP contribution in [-0.2, 0) is 6.54 Å². The molecule has 3 heterocycles. The first-order valence-corrected chi connectivity index (χ1v) is 10.7. The van der Waals surface area contributed by atoms with E-state index in [-0.39, 0.29) is 0 Å². The highest BCUT2D eigenvalue weighted by Gasteiger charge is 2.30. The zero-order valence-corrected chi connectivity index (χ0v) is 17.4. The lowest BCUT2D eigenvalue weighted by Gasteiger charge is -2.40. The lowest BCUT2D eigenvalue weighted by atomic mass is 10.0. The van der Waals surface area contributed by atoms with Gasteiger partial charge in [0.05, 0.1) is 5.39 Å². The molecule has 2 aliphatic rings. The van der Waals surface area contributed by atoms with Crippen molar-refractivity contribution in [2.24, 2.45) is 5.92 Å². The van der Waals surface area contributed by atoms with Crippen molar-refractivity contribution in [3.05, 3.63) is 56.4 Å². The first kappa shape index (κ1) is 19.3. The quantitative estimate of drug-likeness (QED) is 0.693. The number of aromatic amines is 1. The second-order valence-electron chi connectivity index (χ2n) is 8.73. The second-order valence-corrected chi connectivity index (χ2v) is 8.73.